The van der Waals surface area contributed by atoms with E-state index in [0.29, 0.717) is 5.56 Å². The second kappa shape index (κ2) is 6.30. The van der Waals surface area contributed by atoms with Crippen LogP contribution in [0.2, 0.25) is 0 Å². The van der Waals surface area contributed by atoms with Crippen molar-refractivity contribution in [1.82, 2.24) is 0 Å². The standard InChI is InChI=1S/C14H13N3O2/c15-14(12-6-8-16-9-7-12)17-19-13(18)10-11-4-2-1-3-5-11/h1-9H,10H2,(H2,15,17)/p+1. The third-order valence-corrected chi connectivity index (χ3v) is 2.45. The van der Waals surface area contributed by atoms with Crippen LogP contribution in [0.4, 0.5) is 0 Å². The molecule has 0 aliphatic heterocycles. The second-order valence-corrected chi connectivity index (χ2v) is 3.89. The molecule has 2 rings (SSSR count). The van der Waals surface area contributed by atoms with Crippen molar-refractivity contribution in [1.29, 1.82) is 0 Å². The van der Waals surface area contributed by atoms with Crippen molar-refractivity contribution in [2.75, 3.05) is 0 Å². The van der Waals surface area contributed by atoms with Crippen LogP contribution in [0.3, 0.4) is 0 Å². The highest BCUT2D eigenvalue weighted by molar-refractivity contribution is 5.97. The van der Waals surface area contributed by atoms with Crippen LogP contribution in [-0.4, -0.2) is 11.8 Å². The quantitative estimate of drug-likeness (QED) is 0.382. The van der Waals surface area contributed by atoms with Gasteiger partial charge in [0.2, 0.25) is 0 Å². The van der Waals surface area contributed by atoms with Crippen molar-refractivity contribution in [3.63, 3.8) is 0 Å². The normalized spacial score (nSPS) is 11.1. The van der Waals surface area contributed by atoms with Crippen LogP contribution in [0.25, 0.3) is 0 Å². The molecule has 0 saturated heterocycles. The topological polar surface area (TPSA) is 78.8 Å². The van der Waals surface area contributed by atoms with Crippen molar-refractivity contribution in [3.05, 3.63) is 66.0 Å². The summed E-state index contributed by atoms with van der Waals surface area (Å²) in [6.07, 6.45) is 3.59. The Hall–Kier alpha value is -2.69. The minimum absolute atomic E-state index is 0.162. The van der Waals surface area contributed by atoms with Crippen molar-refractivity contribution in [2.24, 2.45) is 10.9 Å². The first kappa shape index (κ1) is 12.8. The molecule has 5 nitrogen and oxygen atoms in total. The van der Waals surface area contributed by atoms with E-state index in [9.17, 15) is 4.79 Å². The smallest absolute Gasteiger partial charge is 0.339 e. The molecular formula is C14H14N3O2+. The Morgan fingerprint density at radius 3 is 2.53 bits per heavy atom. The molecule has 0 fully saturated rings. The van der Waals surface area contributed by atoms with E-state index in [2.05, 4.69) is 10.1 Å². The lowest BCUT2D eigenvalue weighted by atomic mass is 10.2. The Balaban J connectivity index is 1.93. The molecule has 0 radical (unpaired) electrons. The van der Waals surface area contributed by atoms with Gasteiger partial charge in [0.25, 0.3) is 0 Å². The number of aromatic nitrogens is 1. The van der Waals surface area contributed by atoms with Gasteiger partial charge in [0.1, 0.15) is 0 Å². The molecule has 1 aromatic heterocycles. The van der Waals surface area contributed by atoms with Gasteiger partial charge < -0.3 is 10.6 Å². The van der Waals surface area contributed by atoms with Gasteiger partial charge in [-0.05, 0) is 5.56 Å². The molecule has 1 aromatic carbocycles. The van der Waals surface area contributed by atoms with Crippen LogP contribution in [0.15, 0.2) is 60.0 Å². The highest BCUT2D eigenvalue weighted by Crippen LogP contribution is 2.01. The molecule has 0 aliphatic rings. The predicted molar refractivity (Wildman–Crippen MR) is 70.0 cm³/mol. The molecular weight excluding hydrogens is 242 g/mol. The fourth-order valence-corrected chi connectivity index (χ4v) is 1.51. The van der Waals surface area contributed by atoms with E-state index in [0.717, 1.165) is 5.56 Å². The summed E-state index contributed by atoms with van der Waals surface area (Å²) in [5.74, 6) is -0.285. The molecule has 0 spiro atoms. The largest absolute Gasteiger partial charge is 0.380 e. The monoisotopic (exact) mass is 256 g/mol. The van der Waals surface area contributed by atoms with Gasteiger partial charge in [-0.15, -0.1) is 0 Å². The molecule has 0 amide bonds. The van der Waals surface area contributed by atoms with E-state index < -0.39 is 5.97 Å². The number of oxime groups is 1. The lowest BCUT2D eigenvalue weighted by molar-refractivity contribution is -0.378. The summed E-state index contributed by atoms with van der Waals surface area (Å²) in [6.45, 7) is 0. The fraction of sp³-hybridized carbons (Fsp3) is 0.0714. The molecule has 1 heterocycles. The number of nitrogens with zero attached hydrogens (tertiary/aromatic N) is 1. The molecule has 0 atom stereocenters. The van der Waals surface area contributed by atoms with Crippen LogP contribution in [0.1, 0.15) is 11.1 Å². The molecule has 0 bridgehead atoms. The number of amidine groups is 1. The van der Waals surface area contributed by atoms with Crippen LogP contribution >= 0.6 is 0 Å². The lowest BCUT2D eigenvalue weighted by Crippen LogP contribution is -2.16. The van der Waals surface area contributed by atoms with E-state index in [-0.39, 0.29) is 12.3 Å². The zero-order valence-corrected chi connectivity index (χ0v) is 10.2. The predicted octanol–water partition coefficient (Wildman–Crippen LogP) is 0.907. The minimum Gasteiger partial charge on any atom is -0.380 e. The Morgan fingerprint density at radius 1 is 1.16 bits per heavy atom. The number of carbonyl (C=O) groups is 1. The number of hydrogen-bond donors (Lipinski definition) is 1. The summed E-state index contributed by atoms with van der Waals surface area (Å²) in [6, 6.07) is 12.8. The average molecular weight is 256 g/mol. The molecule has 0 aliphatic carbocycles. The number of rotatable bonds is 4. The number of nitrogens with two attached hydrogens (primary N) is 1. The van der Waals surface area contributed by atoms with E-state index in [1.807, 2.05) is 30.3 Å². The summed E-state index contributed by atoms with van der Waals surface area (Å²) in [5, 5.41) is 3.62. The molecule has 2 aromatic rings. The fourth-order valence-electron chi connectivity index (χ4n) is 1.51. The van der Waals surface area contributed by atoms with Gasteiger partial charge in [-0.25, -0.2) is 9.78 Å². The first-order valence-corrected chi connectivity index (χ1v) is 5.79. The van der Waals surface area contributed by atoms with E-state index in [1.54, 1.807) is 24.5 Å². The Labute approximate surface area is 110 Å². The maximum atomic E-state index is 11.6. The van der Waals surface area contributed by atoms with Crippen molar-refractivity contribution < 1.29 is 14.6 Å². The van der Waals surface area contributed by atoms with Gasteiger partial charge in [0.15, 0.2) is 18.2 Å². The first-order chi connectivity index (χ1) is 9.25. The number of carbonyl (C=O) groups excluding carboxylic acids is 1. The van der Waals surface area contributed by atoms with Crippen molar-refractivity contribution >= 4 is 11.8 Å². The Bertz CT molecular complexity index is 568. The Kier molecular flexibility index (Phi) is 4.23. The summed E-state index contributed by atoms with van der Waals surface area (Å²) in [5.41, 5.74) is 7.25. The summed E-state index contributed by atoms with van der Waals surface area (Å²) in [4.78, 5) is 19.2. The highest BCUT2D eigenvalue weighted by Gasteiger charge is 2.06. The maximum Gasteiger partial charge on any atom is 0.339 e. The molecule has 3 N–H and O–H groups in total. The summed E-state index contributed by atoms with van der Waals surface area (Å²) >= 11 is 0. The van der Waals surface area contributed by atoms with Gasteiger partial charge in [0.05, 0.1) is 6.42 Å². The zero-order valence-electron chi connectivity index (χ0n) is 10.2. The summed E-state index contributed by atoms with van der Waals surface area (Å²) in [7, 11) is 0. The zero-order chi connectivity index (χ0) is 13.5. The average Bonchev–Trinajstić information content (AvgIpc) is 2.47. The number of aromatic amines is 1. The van der Waals surface area contributed by atoms with Gasteiger partial charge >= 0.3 is 5.97 Å². The second-order valence-electron chi connectivity index (χ2n) is 3.89. The molecule has 0 unspecified atom stereocenters. The number of benzene rings is 1. The first-order valence-electron chi connectivity index (χ1n) is 5.79. The van der Waals surface area contributed by atoms with Crippen molar-refractivity contribution in [3.8, 4) is 0 Å². The number of pyridine rings is 1. The number of nitrogens with one attached hydrogen (secondary N) is 1. The number of H-pyrrole nitrogens is 1. The van der Waals surface area contributed by atoms with Crippen LogP contribution < -0.4 is 10.7 Å². The van der Waals surface area contributed by atoms with Gasteiger partial charge in [-0.3, -0.25) is 0 Å². The Morgan fingerprint density at radius 2 is 1.84 bits per heavy atom. The van der Waals surface area contributed by atoms with Gasteiger partial charge in [0, 0.05) is 17.7 Å². The SMILES string of the molecule is NC(=NOC(=O)Cc1ccccc1)c1cc[nH+]cc1. The molecule has 96 valence electrons. The number of hydrogen-bond acceptors (Lipinski definition) is 3. The third kappa shape index (κ3) is 3.92. The van der Waals surface area contributed by atoms with Crippen LogP contribution in [-0.2, 0) is 16.1 Å². The van der Waals surface area contributed by atoms with E-state index >= 15 is 0 Å². The van der Waals surface area contributed by atoms with Gasteiger partial charge in [-0.2, -0.15) is 0 Å². The third-order valence-electron chi connectivity index (χ3n) is 2.45. The highest BCUT2D eigenvalue weighted by atomic mass is 16.7. The molecule has 19 heavy (non-hydrogen) atoms. The van der Waals surface area contributed by atoms with Crippen LogP contribution in [0, 0.1) is 0 Å². The summed E-state index contributed by atoms with van der Waals surface area (Å²) < 4.78 is 0. The molecule has 5 heteroatoms. The van der Waals surface area contributed by atoms with Crippen LogP contribution in [0.5, 0.6) is 0 Å². The maximum absolute atomic E-state index is 11.6. The van der Waals surface area contributed by atoms with E-state index in [4.69, 9.17) is 10.6 Å². The molecule has 0 saturated carbocycles. The minimum atomic E-state index is -0.448. The van der Waals surface area contributed by atoms with Crippen molar-refractivity contribution in [2.45, 2.75) is 6.42 Å². The van der Waals surface area contributed by atoms with Gasteiger partial charge in [-0.1, -0.05) is 35.5 Å². The lowest BCUT2D eigenvalue weighted by Gasteiger charge is -2.00. The van der Waals surface area contributed by atoms with E-state index in [1.165, 1.54) is 0 Å².